The standard InChI is InChI=1S/C6H3F2.Li.H2O4S/c7-5-2-1-3-6(8)4-5;;1-5(2,3)4/h1-2,4H;;(H2,1,2,3,4). The zero-order valence-electron chi connectivity index (χ0n) is 7.11. The summed E-state index contributed by atoms with van der Waals surface area (Å²) in [6, 6.07) is 3.51. The van der Waals surface area contributed by atoms with Gasteiger partial charge in [-0.05, 0) is 0 Å². The van der Waals surface area contributed by atoms with Crippen LogP contribution in [0.2, 0.25) is 0 Å². The van der Waals surface area contributed by atoms with Gasteiger partial charge in [-0.2, -0.15) is 8.42 Å². The topological polar surface area (TPSA) is 74.6 Å². The maximum absolute atomic E-state index is 12.3. The summed E-state index contributed by atoms with van der Waals surface area (Å²) in [7, 11) is -4.67. The minimum atomic E-state index is -4.67. The third kappa shape index (κ3) is 8.16. The van der Waals surface area contributed by atoms with E-state index in [2.05, 4.69) is 0 Å². The second kappa shape index (κ2) is 5.43. The van der Waals surface area contributed by atoms with Crippen LogP contribution in [0.4, 0.5) is 8.78 Å². The number of hydrogen-bond acceptors (Lipinski definition) is 2. The van der Waals surface area contributed by atoms with Crippen LogP contribution in [0.3, 0.4) is 0 Å². The minimum absolute atomic E-state index is 0.469. The van der Waals surface area contributed by atoms with Gasteiger partial charge in [0.2, 0.25) is 0 Å². The Kier molecular flexibility index (Phi) is 5.26. The fourth-order valence-corrected chi connectivity index (χ4v) is 0.567. The molecule has 0 radical (unpaired) electrons. The summed E-state index contributed by atoms with van der Waals surface area (Å²) < 4.78 is 56.5. The Morgan fingerprint density at radius 1 is 1.21 bits per heavy atom. The van der Waals surface area contributed by atoms with E-state index < -0.39 is 22.0 Å². The van der Waals surface area contributed by atoms with Gasteiger partial charge >= 0.3 is 71.0 Å². The first-order chi connectivity index (χ1) is 6.20. The predicted molar refractivity (Wildman–Crippen MR) is 45.9 cm³/mol. The average molecular weight is 218 g/mol. The van der Waals surface area contributed by atoms with Gasteiger partial charge in [0, 0.05) is 0 Å². The molecule has 0 atom stereocenters. The summed E-state index contributed by atoms with van der Waals surface area (Å²) in [5.41, 5.74) is 0. The Balaban J connectivity index is 0.000000292. The van der Waals surface area contributed by atoms with Crippen LogP contribution < -0.4 is 4.24 Å². The van der Waals surface area contributed by atoms with Crippen LogP contribution in [0.25, 0.3) is 0 Å². The van der Waals surface area contributed by atoms with Crippen LogP contribution >= 0.6 is 0 Å². The quantitative estimate of drug-likeness (QED) is 0.478. The van der Waals surface area contributed by atoms with Gasteiger partial charge in [0.1, 0.15) is 0 Å². The predicted octanol–water partition coefficient (Wildman–Crippen LogP) is 0.106. The van der Waals surface area contributed by atoms with Crippen molar-refractivity contribution in [3.8, 4) is 0 Å². The third-order valence-electron chi connectivity index (χ3n) is 1.13. The molecule has 0 aliphatic rings. The normalized spacial score (nSPS) is 10.4. The van der Waals surface area contributed by atoms with E-state index in [-0.39, 0.29) is 0 Å². The Hall–Kier alpha value is -0.453. The van der Waals surface area contributed by atoms with Gasteiger partial charge < -0.3 is 0 Å². The monoisotopic (exact) mass is 218 g/mol. The van der Waals surface area contributed by atoms with E-state index in [1.807, 2.05) is 0 Å². The Bertz CT molecular complexity index is 398. The van der Waals surface area contributed by atoms with E-state index in [9.17, 15) is 8.78 Å². The number of halogens is 2. The van der Waals surface area contributed by atoms with Crippen LogP contribution in [0.5, 0.6) is 0 Å². The van der Waals surface area contributed by atoms with Crippen molar-refractivity contribution in [1.82, 2.24) is 0 Å². The molecule has 0 heterocycles. The first kappa shape index (κ1) is 13.5. The van der Waals surface area contributed by atoms with Crippen molar-refractivity contribution >= 4 is 32.4 Å². The molecule has 4 nitrogen and oxygen atoms in total. The van der Waals surface area contributed by atoms with Crippen LogP contribution in [0, 0.1) is 11.6 Å². The summed E-state index contributed by atoms with van der Waals surface area (Å²) in [5.74, 6) is -1.02. The third-order valence-corrected chi connectivity index (χ3v) is 1.13. The number of benzene rings is 1. The van der Waals surface area contributed by atoms with Gasteiger partial charge in [0.15, 0.2) is 0 Å². The molecule has 0 fully saturated rings. The van der Waals surface area contributed by atoms with Crippen LogP contribution in [-0.2, 0) is 10.4 Å². The molecule has 0 aromatic heterocycles. The molecule has 14 heavy (non-hydrogen) atoms. The number of rotatable bonds is 0. The van der Waals surface area contributed by atoms with E-state index in [0.717, 1.165) is 6.07 Å². The molecule has 1 aromatic rings. The summed E-state index contributed by atoms with van der Waals surface area (Å²) in [5, 5.41) is 0. The molecule has 0 saturated heterocycles. The molecule has 0 amide bonds. The summed E-state index contributed by atoms with van der Waals surface area (Å²) in [6.45, 7) is 0. The molecule has 8 heteroatoms. The maximum atomic E-state index is 12.3. The van der Waals surface area contributed by atoms with Crippen LogP contribution in [0.1, 0.15) is 0 Å². The van der Waals surface area contributed by atoms with Crippen LogP contribution in [0.15, 0.2) is 18.2 Å². The molecule has 74 valence electrons. The van der Waals surface area contributed by atoms with Crippen molar-refractivity contribution in [3.05, 3.63) is 29.8 Å². The van der Waals surface area contributed by atoms with Crippen molar-refractivity contribution in [2.24, 2.45) is 0 Å². The zero-order valence-corrected chi connectivity index (χ0v) is 7.92. The van der Waals surface area contributed by atoms with Gasteiger partial charge in [0.05, 0.1) is 0 Å². The van der Waals surface area contributed by atoms with Crippen molar-refractivity contribution in [1.29, 1.82) is 0 Å². The molecule has 0 aliphatic carbocycles. The first-order valence-electron chi connectivity index (χ1n) is 3.31. The molecular formula is C6H5F2LiO4S. The van der Waals surface area contributed by atoms with E-state index >= 15 is 0 Å². The van der Waals surface area contributed by atoms with Crippen molar-refractivity contribution < 1.29 is 26.3 Å². The van der Waals surface area contributed by atoms with Crippen molar-refractivity contribution in [2.75, 3.05) is 0 Å². The second-order valence-electron chi connectivity index (χ2n) is 2.34. The summed E-state index contributed by atoms with van der Waals surface area (Å²) >= 11 is 1.59. The molecule has 0 unspecified atom stereocenters. The van der Waals surface area contributed by atoms with E-state index in [1.54, 1.807) is 17.7 Å². The molecule has 0 saturated carbocycles. The van der Waals surface area contributed by atoms with E-state index in [0.29, 0.717) is 4.24 Å². The van der Waals surface area contributed by atoms with Gasteiger partial charge in [-0.1, -0.05) is 0 Å². The zero-order chi connectivity index (χ0) is 11.4. The first-order valence-corrected chi connectivity index (χ1v) is 4.71. The number of hydrogen-bond donors (Lipinski definition) is 2. The summed E-state index contributed by atoms with van der Waals surface area (Å²) in [6.07, 6.45) is 0. The summed E-state index contributed by atoms with van der Waals surface area (Å²) in [4.78, 5) is 0. The fraction of sp³-hybridized carbons (Fsp3) is 0. The fourth-order valence-electron chi connectivity index (χ4n) is 0.567. The van der Waals surface area contributed by atoms with Crippen molar-refractivity contribution in [3.63, 3.8) is 0 Å². The SMILES string of the molecule is O=S(=O)(O)O.[Li][c]1ccc(F)cc1F. The van der Waals surface area contributed by atoms with Crippen molar-refractivity contribution in [2.45, 2.75) is 0 Å². The van der Waals surface area contributed by atoms with Gasteiger partial charge in [-0.25, -0.2) is 0 Å². The Labute approximate surface area is 88.7 Å². The molecule has 1 rings (SSSR count). The molecule has 0 aliphatic heterocycles. The van der Waals surface area contributed by atoms with Gasteiger partial charge in [-0.15, -0.1) is 0 Å². The van der Waals surface area contributed by atoms with Crippen LogP contribution in [-0.4, -0.2) is 35.2 Å². The van der Waals surface area contributed by atoms with E-state index in [4.69, 9.17) is 17.5 Å². The van der Waals surface area contributed by atoms with Gasteiger partial charge in [-0.3, -0.25) is 9.11 Å². The molecule has 0 bridgehead atoms. The molecular weight excluding hydrogens is 213 g/mol. The van der Waals surface area contributed by atoms with Gasteiger partial charge in [0.25, 0.3) is 0 Å². The molecule has 1 aromatic carbocycles. The average Bonchev–Trinajstić information content (AvgIpc) is 1.94. The Morgan fingerprint density at radius 3 is 1.93 bits per heavy atom. The molecule has 2 N–H and O–H groups in total. The van der Waals surface area contributed by atoms with E-state index in [1.165, 1.54) is 12.1 Å². The molecule has 0 spiro atoms. The Morgan fingerprint density at radius 2 is 1.64 bits per heavy atom. The second-order valence-corrected chi connectivity index (χ2v) is 3.24.